The highest BCUT2D eigenvalue weighted by Gasteiger charge is 2.26. The van der Waals surface area contributed by atoms with Gasteiger partial charge in [0.2, 0.25) is 10.0 Å². The number of piperidine rings is 1. The molecule has 0 spiro atoms. The Labute approximate surface area is 112 Å². The topological polar surface area (TPSA) is 102 Å². The van der Waals surface area contributed by atoms with E-state index in [1.165, 1.54) is 6.20 Å². The molecule has 0 amide bonds. The molecule has 7 nitrogen and oxygen atoms in total. The molecule has 0 aromatic carbocycles. The number of nitrogens with one attached hydrogen (secondary N) is 2. The van der Waals surface area contributed by atoms with Crippen LogP contribution in [0.1, 0.15) is 18.5 Å². The number of nitrogens with zero attached hydrogens (tertiary/aromatic N) is 3. The first kappa shape index (κ1) is 14.0. The summed E-state index contributed by atoms with van der Waals surface area (Å²) in [5, 5.41) is 15.0. The van der Waals surface area contributed by atoms with E-state index < -0.39 is 10.0 Å². The standard InChI is InChI=1S/C11H17N5O2S/c1-9-11(8-13-14-9)19(17,18)15-10-2-5-16(6-3-10)7-4-12/h8,10,15H,2-3,5-7H2,1H3,(H,13,14). The van der Waals surface area contributed by atoms with Crippen LogP contribution < -0.4 is 4.72 Å². The van der Waals surface area contributed by atoms with Crippen LogP contribution in [0.4, 0.5) is 0 Å². The van der Waals surface area contributed by atoms with Crippen molar-refractivity contribution in [2.75, 3.05) is 19.6 Å². The van der Waals surface area contributed by atoms with E-state index in [9.17, 15) is 8.42 Å². The van der Waals surface area contributed by atoms with Gasteiger partial charge in [0, 0.05) is 19.1 Å². The number of aromatic nitrogens is 2. The fourth-order valence-corrected chi connectivity index (χ4v) is 3.64. The predicted molar refractivity (Wildman–Crippen MR) is 68.7 cm³/mol. The zero-order valence-electron chi connectivity index (χ0n) is 10.8. The maximum absolute atomic E-state index is 12.2. The lowest BCUT2D eigenvalue weighted by atomic mass is 10.1. The van der Waals surface area contributed by atoms with Crippen molar-refractivity contribution in [2.45, 2.75) is 30.7 Å². The fourth-order valence-electron chi connectivity index (χ4n) is 2.20. The number of likely N-dealkylation sites (tertiary alicyclic amines) is 1. The Morgan fingerprint density at radius 3 is 2.79 bits per heavy atom. The van der Waals surface area contributed by atoms with Crippen molar-refractivity contribution in [3.63, 3.8) is 0 Å². The highest BCUT2D eigenvalue weighted by atomic mass is 32.2. The average molecular weight is 283 g/mol. The Morgan fingerprint density at radius 2 is 2.26 bits per heavy atom. The Morgan fingerprint density at radius 1 is 1.58 bits per heavy atom. The van der Waals surface area contributed by atoms with Crippen LogP contribution in [0.15, 0.2) is 11.1 Å². The van der Waals surface area contributed by atoms with Crippen LogP contribution in [0, 0.1) is 18.3 Å². The summed E-state index contributed by atoms with van der Waals surface area (Å²) >= 11 is 0. The molecule has 8 heteroatoms. The van der Waals surface area contributed by atoms with Crippen molar-refractivity contribution in [3.05, 3.63) is 11.9 Å². The molecule has 0 unspecified atom stereocenters. The van der Waals surface area contributed by atoms with E-state index in [0.717, 1.165) is 25.9 Å². The Hall–Kier alpha value is -1.43. The minimum absolute atomic E-state index is 0.0748. The predicted octanol–water partition coefficient (Wildman–Crippen LogP) is -0.0156. The summed E-state index contributed by atoms with van der Waals surface area (Å²) in [6.45, 7) is 3.56. The van der Waals surface area contributed by atoms with E-state index in [1.807, 2.05) is 4.90 Å². The van der Waals surface area contributed by atoms with Gasteiger partial charge in [-0.2, -0.15) is 10.4 Å². The highest BCUT2D eigenvalue weighted by Crippen LogP contribution is 2.16. The quantitative estimate of drug-likeness (QED) is 0.756. The normalized spacial score (nSPS) is 18.3. The summed E-state index contributed by atoms with van der Waals surface area (Å²) < 4.78 is 27.0. The molecule has 0 bridgehead atoms. The highest BCUT2D eigenvalue weighted by molar-refractivity contribution is 7.89. The van der Waals surface area contributed by atoms with Gasteiger partial charge in [0.15, 0.2) is 0 Å². The third-order valence-corrected chi connectivity index (χ3v) is 4.91. The molecule has 2 heterocycles. The van der Waals surface area contributed by atoms with Gasteiger partial charge in [0.1, 0.15) is 4.90 Å². The lowest BCUT2D eigenvalue weighted by molar-refractivity contribution is 0.229. The number of rotatable bonds is 4. The molecule has 1 aromatic heterocycles. The minimum atomic E-state index is -3.50. The van der Waals surface area contributed by atoms with Crippen LogP contribution in [0.5, 0.6) is 0 Å². The van der Waals surface area contributed by atoms with E-state index in [1.54, 1.807) is 6.92 Å². The van der Waals surface area contributed by atoms with E-state index >= 15 is 0 Å². The smallest absolute Gasteiger partial charge is 0.244 e. The number of aromatic amines is 1. The van der Waals surface area contributed by atoms with Crippen LogP contribution in [0.25, 0.3) is 0 Å². The SMILES string of the molecule is Cc1[nH]ncc1S(=O)(=O)NC1CCN(CC#N)CC1. The third-order valence-electron chi connectivity index (χ3n) is 3.28. The molecule has 0 aliphatic carbocycles. The number of hydrogen-bond donors (Lipinski definition) is 2. The van der Waals surface area contributed by atoms with Crippen molar-refractivity contribution in [1.82, 2.24) is 19.8 Å². The average Bonchev–Trinajstić information content (AvgIpc) is 2.79. The molecule has 0 radical (unpaired) electrons. The van der Waals surface area contributed by atoms with Crippen LogP contribution in [0.3, 0.4) is 0 Å². The second-order valence-electron chi connectivity index (χ2n) is 4.69. The van der Waals surface area contributed by atoms with Crippen molar-refractivity contribution >= 4 is 10.0 Å². The van der Waals surface area contributed by atoms with E-state index in [0.29, 0.717) is 12.2 Å². The Kier molecular flexibility index (Phi) is 4.19. The first-order valence-corrected chi connectivity index (χ1v) is 7.63. The second kappa shape index (κ2) is 5.69. The molecule has 1 aromatic rings. The number of aryl methyl sites for hydroxylation is 1. The second-order valence-corrected chi connectivity index (χ2v) is 6.37. The van der Waals surface area contributed by atoms with Gasteiger partial charge in [-0.1, -0.05) is 0 Å². The Bertz CT molecular complexity index is 566. The van der Waals surface area contributed by atoms with E-state index in [4.69, 9.17) is 5.26 Å². The van der Waals surface area contributed by atoms with Crippen LogP contribution in [-0.2, 0) is 10.0 Å². The van der Waals surface area contributed by atoms with Crippen LogP contribution in [-0.4, -0.2) is 49.2 Å². The van der Waals surface area contributed by atoms with E-state index in [-0.39, 0.29) is 10.9 Å². The number of nitriles is 1. The largest absolute Gasteiger partial charge is 0.290 e. The molecular formula is C11H17N5O2S. The summed E-state index contributed by atoms with van der Waals surface area (Å²) in [5.74, 6) is 0. The molecule has 1 saturated heterocycles. The monoisotopic (exact) mass is 283 g/mol. The summed E-state index contributed by atoms with van der Waals surface area (Å²) in [7, 11) is -3.50. The van der Waals surface area contributed by atoms with Crippen LogP contribution >= 0.6 is 0 Å². The number of hydrogen-bond acceptors (Lipinski definition) is 5. The van der Waals surface area contributed by atoms with Gasteiger partial charge in [-0.15, -0.1) is 0 Å². The lowest BCUT2D eigenvalue weighted by Gasteiger charge is -2.30. The molecule has 1 fully saturated rings. The lowest BCUT2D eigenvalue weighted by Crippen LogP contribution is -2.44. The molecule has 1 aliphatic heterocycles. The minimum Gasteiger partial charge on any atom is -0.290 e. The Balaban J connectivity index is 1.96. The van der Waals surface area contributed by atoms with Gasteiger partial charge >= 0.3 is 0 Å². The number of sulfonamides is 1. The van der Waals surface area contributed by atoms with Gasteiger partial charge in [0.05, 0.1) is 24.5 Å². The van der Waals surface area contributed by atoms with Gasteiger partial charge < -0.3 is 0 Å². The maximum atomic E-state index is 12.2. The molecule has 0 saturated carbocycles. The maximum Gasteiger partial charge on any atom is 0.244 e. The summed E-state index contributed by atoms with van der Waals surface area (Å²) in [6, 6.07) is 2.03. The van der Waals surface area contributed by atoms with E-state index in [2.05, 4.69) is 21.0 Å². The summed E-state index contributed by atoms with van der Waals surface area (Å²) in [4.78, 5) is 2.22. The van der Waals surface area contributed by atoms with Crippen LogP contribution in [0.2, 0.25) is 0 Å². The van der Waals surface area contributed by atoms with Gasteiger partial charge in [-0.05, 0) is 19.8 Å². The zero-order chi connectivity index (χ0) is 13.9. The zero-order valence-corrected chi connectivity index (χ0v) is 11.6. The molecule has 2 N–H and O–H groups in total. The molecule has 104 valence electrons. The molecule has 0 atom stereocenters. The summed E-state index contributed by atoms with van der Waals surface area (Å²) in [6.07, 6.45) is 2.76. The van der Waals surface area contributed by atoms with Gasteiger partial charge in [-0.3, -0.25) is 10.00 Å². The first-order chi connectivity index (χ1) is 9.03. The van der Waals surface area contributed by atoms with Gasteiger partial charge in [-0.25, -0.2) is 13.1 Å². The molecule has 19 heavy (non-hydrogen) atoms. The summed E-state index contributed by atoms with van der Waals surface area (Å²) in [5.41, 5.74) is 0.536. The van der Waals surface area contributed by atoms with Crippen molar-refractivity contribution in [1.29, 1.82) is 5.26 Å². The van der Waals surface area contributed by atoms with Crippen molar-refractivity contribution < 1.29 is 8.42 Å². The van der Waals surface area contributed by atoms with Gasteiger partial charge in [0.25, 0.3) is 0 Å². The van der Waals surface area contributed by atoms with Crippen molar-refractivity contribution in [3.8, 4) is 6.07 Å². The first-order valence-electron chi connectivity index (χ1n) is 6.14. The fraction of sp³-hybridized carbons (Fsp3) is 0.636. The third kappa shape index (κ3) is 3.32. The van der Waals surface area contributed by atoms with Crippen molar-refractivity contribution in [2.24, 2.45) is 0 Å². The number of H-pyrrole nitrogens is 1. The molecule has 1 aliphatic rings. The molecule has 2 rings (SSSR count). The molecular weight excluding hydrogens is 266 g/mol.